The standard InChI is InChI=1S/C21H24N2O3/c1-21(2)20(24)19(23-10-9-14-7-5-4-6-8-14)16-12-17(25-3)15(13-22)11-18(16)26-21/h4-8,11-12,19-20,23-24H,9-10H2,1-3H3. The molecule has 3 rings (SSSR count). The predicted octanol–water partition coefficient (Wildman–Crippen LogP) is 2.97. The quantitative estimate of drug-likeness (QED) is 0.865. The Bertz CT molecular complexity index is 812. The maximum Gasteiger partial charge on any atom is 0.137 e. The third-order valence-electron chi connectivity index (χ3n) is 4.81. The fourth-order valence-electron chi connectivity index (χ4n) is 3.32. The number of methoxy groups -OCH3 is 1. The number of hydrogen-bond donors (Lipinski definition) is 2. The normalized spacial score (nSPS) is 20.6. The second-order valence-electron chi connectivity index (χ2n) is 7.02. The zero-order valence-electron chi connectivity index (χ0n) is 15.3. The van der Waals surface area contributed by atoms with Gasteiger partial charge in [0.25, 0.3) is 0 Å². The molecule has 136 valence electrons. The van der Waals surface area contributed by atoms with Gasteiger partial charge in [0, 0.05) is 11.6 Å². The van der Waals surface area contributed by atoms with Gasteiger partial charge in [-0.3, -0.25) is 0 Å². The number of rotatable bonds is 5. The molecule has 1 heterocycles. The van der Waals surface area contributed by atoms with E-state index in [4.69, 9.17) is 9.47 Å². The van der Waals surface area contributed by atoms with Crippen molar-refractivity contribution >= 4 is 0 Å². The number of aliphatic hydroxyl groups is 1. The SMILES string of the molecule is COc1cc2c(cc1C#N)OC(C)(C)C(O)C2NCCc1ccccc1. The Hall–Kier alpha value is -2.55. The summed E-state index contributed by atoms with van der Waals surface area (Å²) in [6, 6.07) is 15.5. The monoisotopic (exact) mass is 352 g/mol. The van der Waals surface area contributed by atoms with Gasteiger partial charge in [-0.15, -0.1) is 0 Å². The van der Waals surface area contributed by atoms with Gasteiger partial charge in [-0.1, -0.05) is 30.3 Å². The molecule has 2 atom stereocenters. The number of nitriles is 1. The Kier molecular flexibility index (Phi) is 5.17. The van der Waals surface area contributed by atoms with E-state index in [0.29, 0.717) is 23.6 Å². The maximum absolute atomic E-state index is 10.8. The predicted molar refractivity (Wildman–Crippen MR) is 99.3 cm³/mol. The fraction of sp³-hybridized carbons (Fsp3) is 0.381. The first-order valence-corrected chi connectivity index (χ1v) is 8.72. The molecule has 2 aromatic carbocycles. The molecule has 2 N–H and O–H groups in total. The minimum atomic E-state index is -0.765. The summed E-state index contributed by atoms with van der Waals surface area (Å²) >= 11 is 0. The molecule has 0 spiro atoms. The van der Waals surface area contributed by atoms with Crippen LogP contribution < -0.4 is 14.8 Å². The minimum absolute atomic E-state index is 0.306. The number of hydrogen-bond acceptors (Lipinski definition) is 5. The molecule has 0 bridgehead atoms. The van der Waals surface area contributed by atoms with Crippen LogP contribution in [0.4, 0.5) is 0 Å². The van der Waals surface area contributed by atoms with Gasteiger partial charge in [0.05, 0.1) is 18.7 Å². The van der Waals surface area contributed by atoms with Gasteiger partial charge in [-0.2, -0.15) is 5.26 Å². The number of nitrogens with zero attached hydrogens (tertiary/aromatic N) is 1. The fourth-order valence-corrected chi connectivity index (χ4v) is 3.32. The van der Waals surface area contributed by atoms with E-state index >= 15 is 0 Å². The van der Waals surface area contributed by atoms with Crippen LogP contribution in [0.15, 0.2) is 42.5 Å². The van der Waals surface area contributed by atoms with Gasteiger partial charge >= 0.3 is 0 Å². The number of nitrogens with one attached hydrogen (secondary N) is 1. The topological polar surface area (TPSA) is 74.5 Å². The lowest BCUT2D eigenvalue weighted by Gasteiger charge is -2.42. The van der Waals surface area contributed by atoms with Gasteiger partial charge in [0.2, 0.25) is 0 Å². The van der Waals surface area contributed by atoms with Crippen LogP contribution >= 0.6 is 0 Å². The van der Waals surface area contributed by atoms with Crippen LogP contribution in [0.1, 0.15) is 36.6 Å². The Balaban J connectivity index is 1.87. The van der Waals surface area contributed by atoms with Crippen molar-refractivity contribution in [3.05, 3.63) is 59.2 Å². The second kappa shape index (κ2) is 7.36. The molecular formula is C21H24N2O3. The first-order valence-electron chi connectivity index (χ1n) is 8.72. The van der Waals surface area contributed by atoms with Crippen molar-refractivity contribution in [1.29, 1.82) is 5.26 Å². The zero-order chi connectivity index (χ0) is 18.7. The van der Waals surface area contributed by atoms with E-state index in [-0.39, 0.29) is 6.04 Å². The highest BCUT2D eigenvalue weighted by atomic mass is 16.5. The van der Waals surface area contributed by atoms with Crippen LogP contribution in [-0.4, -0.2) is 30.5 Å². The first kappa shape index (κ1) is 18.2. The summed E-state index contributed by atoms with van der Waals surface area (Å²) in [5, 5.41) is 23.6. The van der Waals surface area contributed by atoms with Crippen molar-refractivity contribution in [3.8, 4) is 17.6 Å². The van der Waals surface area contributed by atoms with Crippen molar-refractivity contribution in [2.75, 3.05) is 13.7 Å². The highest BCUT2D eigenvalue weighted by Gasteiger charge is 2.43. The molecule has 0 radical (unpaired) electrons. The lowest BCUT2D eigenvalue weighted by atomic mass is 9.85. The molecule has 5 heteroatoms. The molecule has 0 amide bonds. The van der Waals surface area contributed by atoms with Crippen molar-refractivity contribution in [1.82, 2.24) is 5.32 Å². The average molecular weight is 352 g/mol. The molecule has 2 aromatic rings. The largest absolute Gasteiger partial charge is 0.495 e. The number of aliphatic hydroxyl groups excluding tert-OH is 1. The second-order valence-corrected chi connectivity index (χ2v) is 7.02. The third-order valence-corrected chi connectivity index (χ3v) is 4.81. The summed E-state index contributed by atoms with van der Waals surface area (Å²) in [6.45, 7) is 4.41. The van der Waals surface area contributed by atoms with E-state index in [1.165, 1.54) is 12.7 Å². The van der Waals surface area contributed by atoms with Crippen LogP contribution in [0.5, 0.6) is 11.5 Å². The summed E-state index contributed by atoms with van der Waals surface area (Å²) < 4.78 is 11.3. The zero-order valence-corrected chi connectivity index (χ0v) is 15.3. The van der Waals surface area contributed by atoms with Gasteiger partial charge < -0.3 is 19.9 Å². The Morgan fingerprint density at radius 1 is 1.27 bits per heavy atom. The van der Waals surface area contributed by atoms with Gasteiger partial charge in [-0.05, 0) is 38.4 Å². The van der Waals surface area contributed by atoms with Crippen LogP contribution in [0.3, 0.4) is 0 Å². The molecular weight excluding hydrogens is 328 g/mol. The molecule has 0 saturated heterocycles. The Morgan fingerprint density at radius 3 is 2.65 bits per heavy atom. The Morgan fingerprint density at radius 2 is 2.00 bits per heavy atom. The van der Waals surface area contributed by atoms with Crippen LogP contribution in [0, 0.1) is 11.3 Å². The summed E-state index contributed by atoms with van der Waals surface area (Å²) in [6.07, 6.45) is 0.122. The highest BCUT2D eigenvalue weighted by molar-refractivity contribution is 5.54. The molecule has 0 aliphatic carbocycles. The summed E-state index contributed by atoms with van der Waals surface area (Å²) in [4.78, 5) is 0. The van der Waals surface area contributed by atoms with E-state index in [2.05, 4.69) is 23.5 Å². The Labute approximate surface area is 154 Å². The third kappa shape index (κ3) is 3.52. The lowest BCUT2D eigenvalue weighted by molar-refractivity contribution is -0.0644. The molecule has 0 saturated carbocycles. The molecule has 5 nitrogen and oxygen atoms in total. The molecule has 26 heavy (non-hydrogen) atoms. The van der Waals surface area contributed by atoms with Crippen molar-refractivity contribution in [2.45, 2.75) is 38.0 Å². The number of benzene rings is 2. The van der Waals surface area contributed by atoms with Crippen molar-refractivity contribution in [3.63, 3.8) is 0 Å². The highest BCUT2D eigenvalue weighted by Crippen LogP contribution is 2.42. The van der Waals surface area contributed by atoms with E-state index in [1.54, 1.807) is 12.1 Å². The summed E-state index contributed by atoms with van der Waals surface area (Å²) in [5.41, 5.74) is 1.69. The van der Waals surface area contributed by atoms with E-state index < -0.39 is 11.7 Å². The van der Waals surface area contributed by atoms with E-state index in [1.807, 2.05) is 32.0 Å². The van der Waals surface area contributed by atoms with Crippen molar-refractivity contribution < 1.29 is 14.6 Å². The number of ether oxygens (including phenoxy) is 2. The van der Waals surface area contributed by atoms with Crippen LogP contribution in [0.2, 0.25) is 0 Å². The molecule has 1 aliphatic heterocycles. The van der Waals surface area contributed by atoms with Gasteiger partial charge in [-0.25, -0.2) is 0 Å². The van der Waals surface area contributed by atoms with Gasteiger partial charge in [0.1, 0.15) is 29.3 Å². The van der Waals surface area contributed by atoms with Gasteiger partial charge in [0.15, 0.2) is 0 Å². The van der Waals surface area contributed by atoms with E-state index in [0.717, 1.165) is 12.0 Å². The van der Waals surface area contributed by atoms with Crippen LogP contribution in [0.25, 0.3) is 0 Å². The summed E-state index contributed by atoms with van der Waals surface area (Å²) in [7, 11) is 1.53. The average Bonchev–Trinajstić information content (AvgIpc) is 2.64. The van der Waals surface area contributed by atoms with Crippen LogP contribution in [-0.2, 0) is 6.42 Å². The minimum Gasteiger partial charge on any atom is -0.495 e. The molecule has 0 aromatic heterocycles. The molecule has 1 aliphatic rings. The first-order chi connectivity index (χ1) is 12.5. The summed E-state index contributed by atoms with van der Waals surface area (Å²) in [5.74, 6) is 1.09. The smallest absolute Gasteiger partial charge is 0.137 e. The lowest BCUT2D eigenvalue weighted by Crippen LogP contribution is -2.52. The molecule has 2 unspecified atom stereocenters. The maximum atomic E-state index is 10.8. The number of fused-ring (bicyclic) bond motifs is 1. The molecule has 0 fully saturated rings. The van der Waals surface area contributed by atoms with E-state index in [9.17, 15) is 10.4 Å². The van der Waals surface area contributed by atoms with Crippen molar-refractivity contribution in [2.24, 2.45) is 0 Å².